The molecule has 26 heavy (non-hydrogen) atoms. The first-order valence-corrected chi connectivity index (χ1v) is 10.1. The molecule has 1 aromatic heterocycles. The molecule has 2 aliphatic carbocycles. The fraction of sp³-hybridized carbons (Fsp3) is 0.632. The number of hydrogen-bond donors (Lipinski definition) is 1. The van der Waals surface area contributed by atoms with Crippen molar-refractivity contribution in [1.29, 1.82) is 0 Å². The predicted molar refractivity (Wildman–Crippen MR) is 98.4 cm³/mol. The molecule has 0 radical (unpaired) electrons. The summed E-state index contributed by atoms with van der Waals surface area (Å²) in [5.74, 6) is -0.905. The van der Waals surface area contributed by atoms with Gasteiger partial charge < -0.3 is 14.8 Å². The Morgan fingerprint density at radius 1 is 1.27 bits per heavy atom. The second kappa shape index (κ2) is 7.78. The highest BCUT2D eigenvalue weighted by Gasteiger charge is 2.41. The van der Waals surface area contributed by atoms with Gasteiger partial charge in [0.1, 0.15) is 5.00 Å². The zero-order valence-corrected chi connectivity index (χ0v) is 16.2. The van der Waals surface area contributed by atoms with Crippen molar-refractivity contribution in [2.75, 3.05) is 11.9 Å². The van der Waals surface area contributed by atoms with Crippen molar-refractivity contribution < 1.29 is 23.9 Å². The molecule has 1 aromatic rings. The Hall–Kier alpha value is -1.89. The minimum absolute atomic E-state index is 0.0885. The van der Waals surface area contributed by atoms with E-state index in [4.69, 9.17) is 9.47 Å². The van der Waals surface area contributed by atoms with Crippen LogP contribution in [0.2, 0.25) is 0 Å². The molecular formula is C19H25NO5S. The van der Waals surface area contributed by atoms with Gasteiger partial charge in [-0.1, -0.05) is 6.92 Å². The molecule has 3 unspecified atom stereocenters. The van der Waals surface area contributed by atoms with E-state index in [9.17, 15) is 14.4 Å². The number of nitrogens with one attached hydrogen (secondary N) is 1. The summed E-state index contributed by atoms with van der Waals surface area (Å²) in [6.07, 6.45) is 3.75. The third kappa shape index (κ3) is 3.92. The van der Waals surface area contributed by atoms with E-state index in [0.717, 1.165) is 42.5 Å². The van der Waals surface area contributed by atoms with Crippen LogP contribution in [0.15, 0.2) is 0 Å². The number of carbonyl (C=O) groups is 3. The van der Waals surface area contributed by atoms with Crippen molar-refractivity contribution >= 4 is 34.2 Å². The van der Waals surface area contributed by atoms with Gasteiger partial charge in [0.15, 0.2) is 6.10 Å². The Labute approximate surface area is 157 Å². The second-order valence-corrected chi connectivity index (χ2v) is 8.13. The van der Waals surface area contributed by atoms with Gasteiger partial charge in [0.25, 0.3) is 5.91 Å². The number of ether oxygens (including phenoxy) is 2. The predicted octanol–water partition coefficient (Wildman–Crippen LogP) is 3.33. The van der Waals surface area contributed by atoms with Gasteiger partial charge >= 0.3 is 11.9 Å². The molecule has 1 N–H and O–H groups in total. The molecule has 2 aliphatic rings. The lowest BCUT2D eigenvalue weighted by atomic mass is 9.95. The van der Waals surface area contributed by atoms with E-state index in [1.165, 1.54) is 11.3 Å². The van der Waals surface area contributed by atoms with Crippen LogP contribution < -0.4 is 5.32 Å². The number of carbonyl (C=O) groups excluding carboxylic acids is 3. The number of rotatable bonds is 6. The number of anilines is 1. The van der Waals surface area contributed by atoms with Gasteiger partial charge in [0.05, 0.1) is 18.1 Å². The number of fused-ring (bicyclic) bond motifs is 1. The molecule has 3 atom stereocenters. The van der Waals surface area contributed by atoms with Crippen molar-refractivity contribution in [2.24, 2.45) is 11.8 Å². The van der Waals surface area contributed by atoms with Crippen LogP contribution in [0, 0.1) is 11.8 Å². The van der Waals surface area contributed by atoms with Gasteiger partial charge in [-0.25, -0.2) is 4.79 Å². The summed E-state index contributed by atoms with van der Waals surface area (Å²) in [5.41, 5.74) is 1.46. The monoisotopic (exact) mass is 379 g/mol. The smallest absolute Gasteiger partial charge is 0.341 e. The Morgan fingerprint density at radius 3 is 2.62 bits per heavy atom. The summed E-state index contributed by atoms with van der Waals surface area (Å²) < 4.78 is 10.4. The third-order valence-electron chi connectivity index (χ3n) is 4.96. The molecule has 1 fully saturated rings. The average molecular weight is 379 g/mol. The number of esters is 2. The normalized spacial score (nSPS) is 22.1. The minimum Gasteiger partial charge on any atom is -0.462 e. The van der Waals surface area contributed by atoms with Crippen LogP contribution >= 0.6 is 11.3 Å². The molecular weight excluding hydrogens is 354 g/mol. The van der Waals surface area contributed by atoms with E-state index in [0.29, 0.717) is 16.5 Å². The number of aryl methyl sites for hydroxylation is 1. The average Bonchev–Trinajstić information content (AvgIpc) is 3.22. The van der Waals surface area contributed by atoms with E-state index in [-0.39, 0.29) is 18.5 Å². The molecule has 1 amide bonds. The number of amides is 1. The summed E-state index contributed by atoms with van der Waals surface area (Å²) in [6, 6.07) is 0. The summed E-state index contributed by atoms with van der Waals surface area (Å²) in [6.45, 7) is 5.58. The van der Waals surface area contributed by atoms with Gasteiger partial charge in [0.2, 0.25) is 0 Å². The van der Waals surface area contributed by atoms with Gasteiger partial charge in [-0.2, -0.15) is 0 Å². The van der Waals surface area contributed by atoms with Gasteiger partial charge in [-0.15, -0.1) is 11.3 Å². The Kier molecular flexibility index (Phi) is 5.65. The maximum Gasteiger partial charge on any atom is 0.341 e. The van der Waals surface area contributed by atoms with Crippen molar-refractivity contribution in [1.82, 2.24) is 0 Å². The van der Waals surface area contributed by atoms with Gasteiger partial charge in [0, 0.05) is 4.88 Å². The highest BCUT2D eigenvalue weighted by atomic mass is 32.1. The van der Waals surface area contributed by atoms with Gasteiger partial charge in [-0.3, -0.25) is 9.59 Å². The molecule has 0 aromatic carbocycles. The van der Waals surface area contributed by atoms with Crippen LogP contribution in [0.5, 0.6) is 0 Å². The fourth-order valence-corrected chi connectivity index (χ4v) is 4.53. The third-order valence-corrected chi connectivity index (χ3v) is 6.17. The van der Waals surface area contributed by atoms with Crippen LogP contribution in [0.1, 0.15) is 60.8 Å². The van der Waals surface area contributed by atoms with Crippen LogP contribution in [0.4, 0.5) is 5.00 Å². The minimum atomic E-state index is -0.899. The summed E-state index contributed by atoms with van der Waals surface area (Å²) in [4.78, 5) is 38.0. The first kappa shape index (κ1) is 18.9. The van der Waals surface area contributed by atoms with Crippen LogP contribution in [0.25, 0.3) is 0 Å². The molecule has 1 heterocycles. The van der Waals surface area contributed by atoms with E-state index >= 15 is 0 Å². The first-order valence-electron chi connectivity index (χ1n) is 9.25. The Morgan fingerprint density at radius 2 is 1.96 bits per heavy atom. The van der Waals surface area contributed by atoms with E-state index in [2.05, 4.69) is 5.32 Å². The molecule has 0 spiro atoms. The molecule has 0 aliphatic heterocycles. The van der Waals surface area contributed by atoms with Crippen molar-refractivity contribution in [2.45, 2.75) is 59.0 Å². The SMILES string of the molecule is CCOC(=O)c1c(NC(=O)C(C)OC(=O)C2CC2C)sc2c1CCCC2. The highest BCUT2D eigenvalue weighted by molar-refractivity contribution is 7.17. The second-order valence-electron chi connectivity index (χ2n) is 7.02. The van der Waals surface area contributed by atoms with E-state index in [1.807, 2.05) is 6.92 Å². The topological polar surface area (TPSA) is 81.7 Å². The number of thiophene rings is 1. The largest absolute Gasteiger partial charge is 0.462 e. The van der Waals surface area contributed by atoms with Gasteiger partial charge in [-0.05, 0) is 57.4 Å². The molecule has 0 saturated heterocycles. The van der Waals surface area contributed by atoms with Crippen LogP contribution in [-0.4, -0.2) is 30.6 Å². The first-order chi connectivity index (χ1) is 12.4. The lowest BCUT2D eigenvalue weighted by Crippen LogP contribution is -2.31. The fourth-order valence-electron chi connectivity index (χ4n) is 3.25. The van der Waals surface area contributed by atoms with Crippen molar-refractivity contribution in [3.8, 4) is 0 Å². The Bertz CT molecular complexity index is 726. The summed E-state index contributed by atoms with van der Waals surface area (Å²) in [7, 11) is 0. The van der Waals surface area contributed by atoms with Crippen molar-refractivity contribution in [3.63, 3.8) is 0 Å². The zero-order valence-electron chi connectivity index (χ0n) is 15.4. The quantitative estimate of drug-likeness (QED) is 0.767. The van der Waals surface area contributed by atoms with E-state index in [1.54, 1.807) is 13.8 Å². The molecule has 0 bridgehead atoms. The van der Waals surface area contributed by atoms with Crippen molar-refractivity contribution in [3.05, 3.63) is 16.0 Å². The van der Waals surface area contributed by atoms with E-state index < -0.39 is 18.0 Å². The lowest BCUT2D eigenvalue weighted by Gasteiger charge is -2.14. The van der Waals surface area contributed by atoms with Crippen LogP contribution in [-0.2, 0) is 31.9 Å². The molecule has 142 valence electrons. The number of hydrogen-bond acceptors (Lipinski definition) is 6. The highest BCUT2D eigenvalue weighted by Crippen LogP contribution is 2.40. The molecule has 7 heteroatoms. The molecule has 3 rings (SSSR count). The summed E-state index contributed by atoms with van der Waals surface area (Å²) >= 11 is 1.43. The lowest BCUT2D eigenvalue weighted by molar-refractivity contribution is -0.154. The zero-order chi connectivity index (χ0) is 18.8. The maximum atomic E-state index is 12.5. The molecule has 1 saturated carbocycles. The standard InChI is InChI=1S/C19H25NO5S/c1-4-24-19(23)15-12-7-5-6-8-14(12)26-17(15)20-16(21)11(3)25-18(22)13-9-10(13)2/h10-11,13H,4-9H2,1-3H3,(H,20,21). The molecule has 6 nitrogen and oxygen atoms in total. The van der Waals surface area contributed by atoms with Crippen LogP contribution in [0.3, 0.4) is 0 Å². The maximum absolute atomic E-state index is 12.5. The summed E-state index contributed by atoms with van der Waals surface area (Å²) in [5, 5.41) is 3.29. The Balaban J connectivity index is 1.73.